The third-order valence-electron chi connectivity index (χ3n) is 3.06. The molecular formula is C15H14FN5. The highest BCUT2D eigenvalue weighted by molar-refractivity contribution is 5.45. The highest BCUT2D eigenvalue weighted by Crippen LogP contribution is 2.17. The predicted molar refractivity (Wildman–Crippen MR) is 77.6 cm³/mol. The minimum absolute atomic E-state index is 0.0389. The average molecular weight is 283 g/mol. The van der Waals surface area contributed by atoms with E-state index in [9.17, 15) is 4.39 Å². The largest absolute Gasteiger partial charge is 0.376 e. The monoisotopic (exact) mass is 283 g/mol. The van der Waals surface area contributed by atoms with Gasteiger partial charge in [-0.05, 0) is 37.3 Å². The molecule has 0 radical (unpaired) electrons. The fourth-order valence-electron chi connectivity index (χ4n) is 1.98. The molecule has 21 heavy (non-hydrogen) atoms. The van der Waals surface area contributed by atoms with E-state index in [2.05, 4.69) is 20.4 Å². The third kappa shape index (κ3) is 3.05. The molecule has 0 amide bonds. The third-order valence-corrected chi connectivity index (χ3v) is 3.06. The summed E-state index contributed by atoms with van der Waals surface area (Å²) in [6.07, 6.45) is 6.49. The zero-order valence-electron chi connectivity index (χ0n) is 11.4. The lowest BCUT2D eigenvalue weighted by molar-refractivity contribution is 0.617. The first kappa shape index (κ1) is 13.2. The van der Waals surface area contributed by atoms with E-state index >= 15 is 0 Å². The lowest BCUT2D eigenvalue weighted by atomic mass is 10.2. The maximum Gasteiger partial charge on any atom is 0.153 e. The maximum absolute atomic E-state index is 12.9. The van der Waals surface area contributed by atoms with Gasteiger partial charge in [-0.3, -0.25) is 4.98 Å². The number of halogens is 1. The number of pyridine rings is 2. The van der Waals surface area contributed by atoms with E-state index in [0.717, 1.165) is 17.2 Å². The molecule has 3 aromatic heterocycles. The van der Waals surface area contributed by atoms with Crippen molar-refractivity contribution in [3.63, 3.8) is 0 Å². The Kier molecular flexibility index (Phi) is 3.59. The Hall–Kier alpha value is -2.76. The Labute approximate surface area is 121 Å². The second kappa shape index (κ2) is 5.70. The van der Waals surface area contributed by atoms with Gasteiger partial charge in [-0.15, -0.1) is 0 Å². The second-order valence-corrected chi connectivity index (χ2v) is 4.62. The summed E-state index contributed by atoms with van der Waals surface area (Å²) in [5, 5.41) is 7.39. The van der Waals surface area contributed by atoms with Crippen molar-refractivity contribution >= 4 is 5.69 Å². The van der Waals surface area contributed by atoms with E-state index in [4.69, 9.17) is 0 Å². The summed E-state index contributed by atoms with van der Waals surface area (Å²) in [4.78, 5) is 8.40. The van der Waals surface area contributed by atoms with Crippen LogP contribution in [0.4, 0.5) is 10.1 Å². The van der Waals surface area contributed by atoms with Crippen molar-refractivity contribution in [3.8, 4) is 5.82 Å². The molecule has 1 unspecified atom stereocenters. The van der Waals surface area contributed by atoms with Crippen LogP contribution in [0.3, 0.4) is 0 Å². The molecule has 0 saturated heterocycles. The molecule has 3 heterocycles. The first-order chi connectivity index (χ1) is 10.2. The van der Waals surface area contributed by atoms with Crippen molar-refractivity contribution in [1.29, 1.82) is 0 Å². The number of rotatable bonds is 4. The smallest absolute Gasteiger partial charge is 0.153 e. The molecule has 0 aromatic carbocycles. The van der Waals surface area contributed by atoms with Crippen LogP contribution < -0.4 is 5.32 Å². The predicted octanol–water partition coefficient (Wildman–Crippen LogP) is 2.97. The number of aromatic nitrogens is 4. The Morgan fingerprint density at radius 1 is 1.14 bits per heavy atom. The van der Waals surface area contributed by atoms with Gasteiger partial charge in [0.05, 0.1) is 29.8 Å². The SMILES string of the molecule is CC(Nc1ccc(-n2cccn2)nc1)c1ccc(F)cn1. The van der Waals surface area contributed by atoms with Gasteiger partial charge in [0.15, 0.2) is 5.82 Å². The lowest BCUT2D eigenvalue weighted by Crippen LogP contribution is -2.09. The van der Waals surface area contributed by atoms with E-state index in [1.807, 2.05) is 31.3 Å². The Balaban J connectivity index is 1.71. The van der Waals surface area contributed by atoms with Gasteiger partial charge in [-0.1, -0.05) is 0 Å². The lowest BCUT2D eigenvalue weighted by Gasteiger charge is -2.14. The van der Waals surface area contributed by atoms with Crippen LogP contribution in [-0.2, 0) is 0 Å². The summed E-state index contributed by atoms with van der Waals surface area (Å²) >= 11 is 0. The normalized spacial score (nSPS) is 12.1. The van der Waals surface area contributed by atoms with E-state index in [-0.39, 0.29) is 11.9 Å². The molecule has 0 aliphatic carbocycles. The minimum Gasteiger partial charge on any atom is -0.376 e. The summed E-state index contributed by atoms with van der Waals surface area (Å²) in [6.45, 7) is 1.96. The minimum atomic E-state index is -0.337. The number of hydrogen-bond donors (Lipinski definition) is 1. The topological polar surface area (TPSA) is 55.6 Å². The van der Waals surface area contributed by atoms with Gasteiger partial charge >= 0.3 is 0 Å². The number of nitrogens with zero attached hydrogens (tertiary/aromatic N) is 4. The van der Waals surface area contributed by atoms with Gasteiger partial charge in [0, 0.05) is 12.4 Å². The Bertz CT molecular complexity index is 692. The van der Waals surface area contributed by atoms with Crippen molar-refractivity contribution in [2.75, 3.05) is 5.32 Å². The molecule has 5 nitrogen and oxygen atoms in total. The summed E-state index contributed by atoms with van der Waals surface area (Å²) in [7, 11) is 0. The number of nitrogens with one attached hydrogen (secondary N) is 1. The first-order valence-electron chi connectivity index (χ1n) is 6.56. The molecular weight excluding hydrogens is 269 g/mol. The first-order valence-corrected chi connectivity index (χ1v) is 6.56. The van der Waals surface area contributed by atoms with Crippen LogP contribution in [0.5, 0.6) is 0 Å². The molecule has 1 N–H and O–H groups in total. The molecule has 0 aliphatic heterocycles. The number of anilines is 1. The van der Waals surface area contributed by atoms with Crippen LogP contribution in [0.2, 0.25) is 0 Å². The van der Waals surface area contributed by atoms with Gasteiger partial charge in [0.2, 0.25) is 0 Å². The van der Waals surface area contributed by atoms with Crippen LogP contribution in [0, 0.1) is 5.82 Å². The summed E-state index contributed by atoms with van der Waals surface area (Å²) in [6, 6.07) is 8.67. The van der Waals surface area contributed by atoms with Crippen molar-refractivity contribution in [2.24, 2.45) is 0 Å². The highest BCUT2D eigenvalue weighted by atomic mass is 19.1. The zero-order chi connectivity index (χ0) is 14.7. The zero-order valence-corrected chi connectivity index (χ0v) is 11.4. The van der Waals surface area contributed by atoms with Gasteiger partial charge in [0.25, 0.3) is 0 Å². The van der Waals surface area contributed by atoms with Gasteiger partial charge in [-0.25, -0.2) is 14.1 Å². The van der Waals surface area contributed by atoms with Crippen LogP contribution in [0.15, 0.2) is 55.1 Å². The quantitative estimate of drug-likeness (QED) is 0.799. The van der Waals surface area contributed by atoms with Gasteiger partial charge in [0.1, 0.15) is 5.82 Å². The molecule has 1 atom stereocenters. The van der Waals surface area contributed by atoms with Crippen LogP contribution in [0.25, 0.3) is 5.82 Å². The maximum atomic E-state index is 12.9. The Morgan fingerprint density at radius 2 is 2.05 bits per heavy atom. The van der Waals surface area contributed by atoms with Crippen LogP contribution >= 0.6 is 0 Å². The molecule has 0 spiro atoms. The summed E-state index contributed by atoms with van der Waals surface area (Å²) in [5.41, 5.74) is 1.64. The molecule has 106 valence electrons. The van der Waals surface area contributed by atoms with E-state index in [1.165, 1.54) is 12.3 Å². The van der Waals surface area contributed by atoms with E-state index < -0.39 is 0 Å². The Morgan fingerprint density at radius 3 is 2.67 bits per heavy atom. The van der Waals surface area contributed by atoms with Crippen molar-refractivity contribution < 1.29 is 4.39 Å². The average Bonchev–Trinajstić information content (AvgIpc) is 3.03. The molecule has 3 aromatic rings. The highest BCUT2D eigenvalue weighted by Gasteiger charge is 2.07. The molecule has 0 aliphatic rings. The standard InChI is InChI=1S/C15H14FN5/c1-11(14-5-3-12(16)9-17-14)20-13-4-6-15(18-10-13)21-8-2-7-19-21/h2-11,20H,1H3. The molecule has 0 bridgehead atoms. The number of hydrogen-bond acceptors (Lipinski definition) is 4. The van der Waals surface area contributed by atoms with Crippen LogP contribution in [-0.4, -0.2) is 19.7 Å². The fourth-order valence-corrected chi connectivity index (χ4v) is 1.98. The summed E-state index contributed by atoms with van der Waals surface area (Å²) < 4.78 is 14.5. The fraction of sp³-hybridized carbons (Fsp3) is 0.133. The van der Waals surface area contributed by atoms with Crippen molar-refractivity contribution in [3.05, 3.63) is 66.6 Å². The molecule has 6 heteroatoms. The van der Waals surface area contributed by atoms with E-state index in [1.54, 1.807) is 23.1 Å². The van der Waals surface area contributed by atoms with E-state index in [0.29, 0.717) is 0 Å². The van der Waals surface area contributed by atoms with Gasteiger partial charge in [-0.2, -0.15) is 5.10 Å². The molecule has 0 fully saturated rings. The van der Waals surface area contributed by atoms with Crippen molar-refractivity contribution in [1.82, 2.24) is 19.7 Å². The van der Waals surface area contributed by atoms with Crippen molar-refractivity contribution in [2.45, 2.75) is 13.0 Å². The molecule has 0 saturated carbocycles. The molecule has 3 rings (SSSR count). The van der Waals surface area contributed by atoms with Gasteiger partial charge < -0.3 is 5.32 Å². The van der Waals surface area contributed by atoms with Crippen LogP contribution in [0.1, 0.15) is 18.7 Å². The summed E-state index contributed by atoms with van der Waals surface area (Å²) in [5.74, 6) is 0.411. The second-order valence-electron chi connectivity index (χ2n) is 4.62.